The van der Waals surface area contributed by atoms with Crippen LogP contribution in [0.15, 0.2) is 0 Å². The van der Waals surface area contributed by atoms with Gasteiger partial charge < -0.3 is 16.0 Å². The Bertz CT molecular complexity index is 258. The summed E-state index contributed by atoms with van der Waals surface area (Å²) in [5, 5.41) is 9.62. The van der Waals surface area contributed by atoms with Gasteiger partial charge in [0.15, 0.2) is 0 Å². The molecule has 1 saturated carbocycles. The van der Waals surface area contributed by atoms with Gasteiger partial charge in [0.25, 0.3) is 0 Å². The summed E-state index contributed by atoms with van der Waals surface area (Å²) in [5.74, 6) is 0.579. The predicted molar refractivity (Wildman–Crippen MR) is 73.6 cm³/mol. The van der Waals surface area contributed by atoms with Gasteiger partial charge in [0, 0.05) is 12.1 Å². The van der Waals surface area contributed by atoms with Gasteiger partial charge >= 0.3 is 6.03 Å². The molecule has 0 radical (unpaired) electrons. The largest absolute Gasteiger partial charge is 0.335 e. The molecule has 2 fully saturated rings. The summed E-state index contributed by atoms with van der Waals surface area (Å²) in [4.78, 5) is 11.9. The fourth-order valence-electron chi connectivity index (χ4n) is 3.10. The molecular weight excluding hydrogens is 226 g/mol. The quantitative estimate of drug-likeness (QED) is 0.720. The number of amides is 2. The van der Waals surface area contributed by atoms with Crippen LogP contribution < -0.4 is 16.0 Å². The molecule has 2 rings (SSSR count). The van der Waals surface area contributed by atoms with E-state index < -0.39 is 0 Å². The lowest BCUT2D eigenvalue weighted by atomic mass is 9.93. The zero-order valence-electron chi connectivity index (χ0n) is 11.5. The predicted octanol–water partition coefficient (Wildman–Crippen LogP) is 2.01. The van der Waals surface area contributed by atoms with Crippen LogP contribution in [0.2, 0.25) is 0 Å². The number of rotatable bonds is 3. The third-order valence-electron chi connectivity index (χ3n) is 4.34. The van der Waals surface area contributed by atoms with Gasteiger partial charge in [0.1, 0.15) is 0 Å². The lowest BCUT2D eigenvalue weighted by molar-refractivity contribution is 0.220. The first-order valence-corrected chi connectivity index (χ1v) is 7.53. The summed E-state index contributed by atoms with van der Waals surface area (Å²) in [6, 6.07) is 0.691. The zero-order valence-corrected chi connectivity index (χ0v) is 11.5. The highest BCUT2D eigenvalue weighted by Crippen LogP contribution is 2.17. The number of piperidine rings is 1. The van der Waals surface area contributed by atoms with E-state index >= 15 is 0 Å². The summed E-state index contributed by atoms with van der Waals surface area (Å²) in [6.45, 7) is 4.28. The minimum absolute atomic E-state index is 0.0278. The van der Waals surface area contributed by atoms with Gasteiger partial charge in [0.2, 0.25) is 0 Å². The van der Waals surface area contributed by atoms with Crippen LogP contribution in [0.4, 0.5) is 4.79 Å². The second-order valence-electron chi connectivity index (χ2n) is 5.85. The van der Waals surface area contributed by atoms with E-state index in [1.54, 1.807) is 0 Å². The first-order chi connectivity index (χ1) is 8.75. The molecule has 2 atom stereocenters. The van der Waals surface area contributed by atoms with Gasteiger partial charge in [-0.25, -0.2) is 4.79 Å². The molecule has 0 aromatic rings. The van der Waals surface area contributed by atoms with Crippen LogP contribution in [0.1, 0.15) is 51.9 Å². The SMILES string of the molecule is CC(NC(=O)NC1CCCCC1)C1CCCNC1. The van der Waals surface area contributed by atoms with Crippen molar-refractivity contribution in [2.45, 2.75) is 64.0 Å². The molecule has 18 heavy (non-hydrogen) atoms. The van der Waals surface area contributed by atoms with Crippen molar-refractivity contribution < 1.29 is 4.79 Å². The molecule has 1 aliphatic carbocycles. The lowest BCUT2D eigenvalue weighted by Gasteiger charge is -2.30. The topological polar surface area (TPSA) is 53.2 Å². The van der Waals surface area contributed by atoms with Crippen molar-refractivity contribution in [1.29, 1.82) is 0 Å². The van der Waals surface area contributed by atoms with Crippen LogP contribution in [0, 0.1) is 5.92 Å². The van der Waals surface area contributed by atoms with E-state index in [-0.39, 0.29) is 12.1 Å². The Hall–Kier alpha value is -0.770. The van der Waals surface area contributed by atoms with Crippen LogP contribution >= 0.6 is 0 Å². The minimum atomic E-state index is 0.0278. The van der Waals surface area contributed by atoms with Gasteiger partial charge in [-0.3, -0.25) is 0 Å². The van der Waals surface area contributed by atoms with Gasteiger partial charge in [-0.1, -0.05) is 19.3 Å². The van der Waals surface area contributed by atoms with E-state index in [1.165, 1.54) is 32.1 Å². The molecule has 2 unspecified atom stereocenters. The molecule has 1 aliphatic heterocycles. The molecule has 0 aromatic heterocycles. The monoisotopic (exact) mass is 253 g/mol. The van der Waals surface area contributed by atoms with E-state index in [2.05, 4.69) is 22.9 Å². The van der Waals surface area contributed by atoms with Crippen molar-refractivity contribution in [2.24, 2.45) is 5.92 Å². The smallest absolute Gasteiger partial charge is 0.315 e. The average Bonchev–Trinajstić information content (AvgIpc) is 2.40. The highest BCUT2D eigenvalue weighted by atomic mass is 16.2. The maximum absolute atomic E-state index is 11.9. The van der Waals surface area contributed by atoms with Crippen molar-refractivity contribution in [3.8, 4) is 0 Å². The lowest BCUT2D eigenvalue weighted by Crippen LogP contribution is -2.50. The number of carbonyl (C=O) groups is 1. The molecule has 2 amide bonds. The summed E-state index contributed by atoms with van der Waals surface area (Å²) >= 11 is 0. The van der Waals surface area contributed by atoms with Gasteiger partial charge in [-0.15, -0.1) is 0 Å². The Morgan fingerprint density at radius 1 is 1.17 bits per heavy atom. The molecule has 1 saturated heterocycles. The molecule has 0 spiro atoms. The first-order valence-electron chi connectivity index (χ1n) is 7.53. The molecule has 0 bridgehead atoms. The van der Waals surface area contributed by atoms with Gasteiger partial charge in [-0.05, 0) is 51.6 Å². The molecule has 104 valence electrons. The Morgan fingerprint density at radius 3 is 2.61 bits per heavy atom. The van der Waals surface area contributed by atoms with Crippen LogP contribution in [0.25, 0.3) is 0 Å². The third kappa shape index (κ3) is 4.16. The average molecular weight is 253 g/mol. The van der Waals surface area contributed by atoms with E-state index in [1.807, 2.05) is 0 Å². The number of hydrogen-bond acceptors (Lipinski definition) is 2. The molecule has 2 aliphatic rings. The first kappa shape index (κ1) is 13.7. The highest BCUT2D eigenvalue weighted by Gasteiger charge is 2.22. The molecule has 4 nitrogen and oxygen atoms in total. The Balaban J connectivity index is 1.68. The summed E-state index contributed by atoms with van der Waals surface area (Å²) < 4.78 is 0. The van der Waals surface area contributed by atoms with Crippen LogP contribution in [0.3, 0.4) is 0 Å². The fraction of sp³-hybridized carbons (Fsp3) is 0.929. The maximum atomic E-state index is 11.9. The van der Waals surface area contributed by atoms with E-state index in [9.17, 15) is 4.79 Å². The summed E-state index contributed by atoms with van der Waals surface area (Å²) in [7, 11) is 0. The van der Waals surface area contributed by atoms with Crippen molar-refractivity contribution in [2.75, 3.05) is 13.1 Å². The maximum Gasteiger partial charge on any atom is 0.315 e. The Labute approximate surface area is 110 Å². The van der Waals surface area contributed by atoms with Crippen molar-refractivity contribution >= 4 is 6.03 Å². The highest BCUT2D eigenvalue weighted by molar-refractivity contribution is 5.74. The Kier molecular flexibility index (Phi) is 5.29. The zero-order chi connectivity index (χ0) is 12.8. The van der Waals surface area contributed by atoms with Crippen LogP contribution in [-0.4, -0.2) is 31.2 Å². The van der Waals surface area contributed by atoms with Crippen molar-refractivity contribution in [3.05, 3.63) is 0 Å². The summed E-state index contributed by atoms with van der Waals surface area (Å²) in [5.41, 5.74) is 0. The number of carbonyl (C=O) groups excluding carboxylic acids is 1. The van der Waals surface area contributed by atoms with Crippen molar-refractivity contribution in [1.82, 2.24) is 16.0 Å². The van der Waals surface area contributed by atoms with Gasteiger partial charge in [-0.2, -0.15) is 0 Å². The second kappa shape index (κ2) is 6.98. The van der Waals surface area contributed by atoms with Crippen molar-refractivity contribution in [3.63, 3.8) is 0 Å². The number of urea groups is 1. The molecule has 3 N–H and O–H groups in total. The minimum Gasteiger partial charge on any atom is -0.335 e. The summed E-state index contributed by atoms with van der Waals surface area (Å²) in [6.07, 6.45) is 8.57. The van der Waals surface area contributed by atoms with Crippen LogP contribution in [0.5, 0.6) is 0 Å². The second-order valence-corrected chi connectivity index (χ2v) is 5.85. The van der Waals surface area contributed by atoms with E-state index in [0.29, 0.717) is 12.0 Å². The fourth-order valence-corrected chi connectivity index (χ4v) is 3.10. The molecule has 1 heterocycles. The third-order valence-corrected chi connectivity index (χ3v) is 4.34. The number of nitrogens with one attached hydrogen (secondary N) is 3. The molecular formula is C14H27N3O. The number of hydrogen-bond donors (Lipinski definition) is 3. The Morgan fingerprint density at radius 2 is 1.94 bits per heavy atom. The van der Waals surface area contributed by atoms with Gasteiger partial charge in [0.05, 0.1) is 0 Å². The normalized spacial score (nSPS) is 27.5. The molecule has 4 heteroatoms. The van der Waals surface area contributed by atoms with E-state index in [4.69, 9.17) is 0 Å². The standard InChI is InChI=1S/C14H27N3O/c1-11(12-6-5-9-15-10-12)16-14(18)17-13-7-3-2-4-8-13/h11-13,15H,2-10H2,1H3,(H2,16,17,18). The van der Waals surface area contributed by atoms with E-state index in [0.717, 1.165) is 25.9 Å². The molecule has 0 aromatic carbocycles. The van der Waals surface area contributed by atoms with Crippen LogP contribution in [-0.2, 0) is 0 Å².